The third-order valence-electron chi connectivity index (χ3n) is 4.74. The lowest BCUT2D eigenvalue weighted by molar-refractivity contribution is -0.121. The second kappa shape index (κ2) is 12.1. The van der Waals surface area contributed by atoms with Crippen molar-refractivity contribution in [2.24, 2.45) is 0 Å². The molecule has 0 aliphatic rings. The summed E-state index contributed by atoms with van der Waals surface area (Å²) in [4.78, 5) is 22.8. The van der Waals surface area contributed by atoms with E-state index < -0.39 is 0 Å². The van der Waals surface area contributed by atoms with Crippen LogP contribution in [0.15, 0.2) is 48.9 Å². The number of halogens is 1. The van der Waals surface area contributed by atoms with Crippen molar-refractivity contribution in [3.8, 4) is 0 Å². The summed E-state index contributed by atoms with van der Waals surface area (Å²) in [5.74, 6) is 0.592. The number of aliphatic hydroxyl groups excluding tert-OH is 1. The van der Waals surface area contributed by atoms with Gasteiger partial charge in [0.05, 0.1) is 30.7 Å². The fourth-order valence-electron chi connectivity index (χ4n) is 3.08. The Bertz CT molecular complexity index is 1030. The molecule has 4 N–H and O–H groups in total. The van der Waals surface area contributed by atoms with Crippen LogP contribution in [0.1, 0.15) is 18.0 Å². The van der Waals surface area contributed by atoms with E-state index in [4.69, 9.17) is 11.6 Å². The van der Waals surface area contributed by atoms with Gasteiger partial charge in [-0.2, -0.15) is 10.1 Å². The van der Waals surface area contributed by atoms with Crippen molar-refractivity contribution >= 4 is 35.0 Å². The van der Waals surface area contributed by atoms with Gasteiger partial charge < -0.3 is 26.0 Å². The van der Waals surface area contributed by atoms with Gasteiger partial charge in [-0.25, -0.2) is 4.98 Å². The molecule has 3 rings (SSSR count). The van der Waals surface area contributed by atoms with Crippen molar-refractivity contribution < 1.29 is 9.90 Å². The fourth-order valence-corrected chi connectivity index (χ4v) is 3.23. The van der Waals surface area contributed by atoms with Crippen LogP contribution in [0, 0.1) is 0 Å². The van der Waals surface area contributed by atoms with E-state index >= 15 is 0 Å². The maximum Gasteiger partial charge on any atom is 0.241 e. The minimum Gasteiger partial charge on any atom is -0.394 e. The summed E-state index contributed by atoms with van der Waals surface area (Å²) >= 11 is 6.26. The lowest BCUT2D eigenvalue weighted by Gasteiger charge is -2.18. The first-order chi connectivity index (χ1) is 15.9. The molecule has 0 fully saturated rings. The summed E-state index contributed by atoms with van der Waals surface area (Å²) in [7, 11) is 4.00. The lowest BCUT2D eigenvalue weighted by Crippen LogP contribution is -2.30. The van der Waals surface area contributed by atoms with Crippen LogP contribution in [0.3, 0.4) is 0 Å². The zero-order valence-corrected chi connectivity index (χ0v) is 19.5. The van der Waals surface area contributed by atoms with Crippen LogP contribution >= 0.6 is 11.6 Å². The number of carbonyl (C=O) groups excluding carboxylic acids is 1. The first-order valence-corrected chi connectivity index (χ1v) is 11.0. The molecular weight excluding hydrogens is 444 g/mol. The summed E-state index contributed by atoms with van der Waals surface area (Å²) < 4.78 is 1.54. The van der Waals surface area contributed by atoms with Crippen molar-refractivity contribution in [2.45, 2.75) is 19.0 Å². The molecule has 0 aliphatic heterocycles. The molecule has 1 atom stereocenters. The maximum absolute atomic E-state index is 12.1. The summed E-state index contributed by atoms with van der Waals surface area (Å²) in [5, 5.41) is 23.4. The minimum absolute atomic E-state index is 0.103. The number of anilines is 3. The van der Waals surface area contributed by atoms with Gasteiger partial charge in [0.2, 0.25) is 11.9 Å². The van der Waals surface area contributed by atoms with Gasteiger partial charge in [0.25, 0.3) is 0 Å². The number of amides is 1. The highest BCUT2D eigenvalue weighted by atomic mass is 35.5. The van der Waals surface area contributed by atoms with E-state index in [1.165, 1.54) is 10.9 Å². The van der Waals surface area contributed by atoms with Gasteiger partial charge in [0.1, 0.15) is 11.6 Å². The number of aliphatic hydroxyl groups is 1. The Balaban J connectivity index is 1.58. The van der Waals surface area contributed by atoms with E-state index in [2.05, 4.69) is 35.9 Å². The molecule has 1 aromatic carbocycles. The molecule has 176 valence electrons. The van der Waals surface area contributed by atoms with Crippen molar-refractivity contribution in [3.63, 3.8) is 0 Å². The van der Waals surface area contributed by atoms with Crippen LogP contribution in [-0.2, 0) is 11.3 Å². The largest absolute Gasteiger partial charge is 0.394 e. The quantitative estimate of drug-likeness (QED) is 0.296. The van der Waals surface area contributed by atoms with Crippen molar-refractivity contribution in [1.82, 2.24) is 30.0 Å². The third-order valence-corrected chi connectivity index (χ3v) is 5.02. The van der Waals surface area contributed by atoms with Gasteiger partial charge in [0.15, 0.2) is 5.82 Å². The van der Waals surface area contributed by atoms with Crippen molar-refractivity contribution in [3.05, 3.63) is 59.5 Å². The molecule has 1 amide bonds. The van der Waals surface area contributed by atoms with Crippen molar-refractivity contribution in [1.29, 1.82) is 0 Å². The summed E-state index contributed by atoms with van der Waals surface area (Å²) in [6.45, 7) is 1.53. The fraction of sp³-hybridized carbons (Fsp3) is 0.364. The van der Waals surface area contributed by atoms with E-state index in [0.717, 1.165) is 18.5 Å². The zero-order valence-electron chi connectivity index (χ0n) is 18.7. The van der Waals surface area contributed by atoms with E-state index in [0.29, 0.717) is 29.0 Å². The Morgan fingerprint density at radius 3 is 2.76 bits per heavy atom. The van der Waals surface area contributed by atoms with Gasteiger partial charge in [-0.1, -0.05) is 41.9 Å². The number of hydrogen-bond donors (Lipinski definition) is 4. The van der Waals surface area contributed by atoms with Crippen LogP contribution in [-0.4, -0.2) is 69.5 Å². The van der Waals surface area contributed by atoms with Crippen LogP contribution < -0.4 is 16.0 Å². The van der Waals surface area contributed by atoms with Crippen molar-refractivity contribution in [2.75, 3.05) is 44.4 Å². The number of nitrogens with one attached hydrogen (secondary N) is 3. The average molecular weight is 473 g/mol. The topological polar surface area (TPSA) is 120 Å². The van der Waals surface area contributed by atoms with Crippen LogP contribution in [0.2, 0.25) is 5.02 Å². The van der Waals surface area contributed by atoms with E-state index in [1.54, 1.807) is 12.4 Å². The first kappa shape index (κ1) is 24.4. The summed E-state index contributed by atoms with van der Waals surface area (Å²) in [6, 6.07) is 9.16. The van der Waals surface area contributed by atoms with E-state index in [1.807, 2.05) is 44.4 Å². The van der Waals surface area contributed by atoms with Gasteiger partial charge in [-0.15, -0.1) is 0 Å². The summed E-state index contributed by atoms with van der Waals surface area (Å²) in [6.07, 6.45) is 5.65. The predicted octanol–water partition coefficient (Wildman–Crippen LogP) is 2.28. The molecule has 11 heteroatoms. The molecule has 3 aromatic rings. The second-order valence-electron chi connectivity index (χ2n) is 7.74. The normalized spacial score (nSPS) is 11.9. The average Bonchev–Trinajstić information content (AvgIpc) is 3.24. The Morgan fingerprint density at radius 1 is 1.24 bits per heavy atom. The number of benzene rings is 1. The highest BCUT2D eigenvalue weighted by molar-refractivity contribution is 6.32. The molecule has 10 nitrogen and oxygen atoms in total. The molecule has 0 radical (unpaired) electrons. The number of aromatic nitrogens is 4. The smallest absolute Gasteiger partial charge is 0.241 e. The molecule has 0 spiro atoms. The molecule has 0 unspecified atom stereocenters. The molecule has 0 bridgehead atoms. The third kappa shape index (κ3) is 7.70. The molecule has 2 heterocycles. The lowest BCUT2D eigenvalue weighted by atomic mass is 10.1. The molecule has 2 aromatic heterocycles. The second-order valence-corrected chi connectivity index (χ2v) is 8.15. The molecule has 33 heavy (non-hydrogen) atoms. The van der Waals surface area contributed by atoms with E-state index in [-0.39, 0.29) is 25.1 Å². The highest BCUT2D eigenvalue weighted by Crippen LogP contribution is 2.25. The number of rotatable bonds is 12. The Labute approximate surface area is 198 Å². The minimum atomic E-state index is -0.370. The number of hydrogen-bond acceptors (Lipinski definition) is 8. The Kier molecular flexibility index (Phi) is 8.99. The molecule has 0 aliphatic carbocycles. The Morgan fingerprint density at radius 2 is 2.03 bits per heavy atom. The van der Waals surface area contributed by atoms with Gasteiger partial charge in [0, 0.05) is 12.7 Å². The zero-order chi connectivity index (χ0) is 23.6. The monoisotopic (exact) mass is 472 g/mol. The standard InChI is InChI=1S/C22H29ClN8O2/c1-30(2)10-6-9-24-20(33)14-31-13-17(11-26-31)27-22-25-12-18(23)21(29-22)28-19(15-32)16-7-4-3-5-8-16/h3-5,7-8,11-13,19,32H,6,9-10,14-15H2,1-2H3,(H,24,33)(H2,25,27,28,29)/t19-/m1/s1. The number of nitrogens with zero attached hydrogens (tertiary/aromatic N) is 5. The maximum atomic E-state index is 12.1. The predicted molar refractivity (Wildman–Crippen MR) is 129 cm³/mol. The molecule has 0 saturated carbocycles. The molecule has 0 saturated heterocycles. The SMILES string of the molecule is CN(C)CCCNC(=O)Cn1cc(Nc2ncc(Cl)c(N[C@H](CO)c3ccccc3)n2)cn1. The van der Waals surface area contributed by atoms with Crippen LogP contribution in [0.5, 0.6) is 0 Å². The summed E-state index contributed by atoms with van der Waals surface area (Å²) in [5.41, 5.74) is 1.54. The van der Waals surface area contributed by atoms with Gasteiger partial charge >= 0.3 is 0 Å². The van der Waals surface area contributed by atoms with E-state index in [9.17, 15) is 9.90 Å². The number of carbonyl (C=O) groups is 1. The van der Waals surface area contributed by atoms with Gasteiger partial charge in [-0.05, 0) is 32.6 Å². The van der Waals surface area contributed by atoms with Crippen LogP contribution in [0.4, 0.5) is 17.5 Å². The van der Waals surface area contributed by atoms with Crippen LogP contribution in [0.25, 0.3) is 0 Å². The molecular formula is C22H29ClN8O2. The Hall–Kier alpha value is -3.21. The highest BCUT2D eigenvalue weighted by Gasteiger charge is 2.14. The first-order valence-electron chi connectivity index (χ1n) is 10.6. The van der Waals surface area contributed by atoms with Gasteiger partial charge in [-0.3, -0.25) is 9.48 Å².